The molecule has 0 saturated carbocycles. The number of esters is 3. The lowest BCUT2D eigenvalue weighted by Crippen LogP contribution is -2.39. The van der Waals surface area contributed by atoms with E-state index >= 15 is 0 Å². The van der Waals surface area contributed by atoms with Crippen LogP contribution in [-0.4, -0.2) is 69.9 Å². The van der Waals surface area contributed by atoms with Crippen LogP contribution in [0.5, 0.6) is 5.75 Å². The lowest BCUT2D eigenvalue weighted by Gasteiger charge is -2.31. The molecule has 0 spiro atoms. The number of methoxy groups -OCH3 is 4. The van der Waals surface area contributed by atoms with Gasteiger partial charge >= 0.3 is 17.9 Å². The highest BCUT2D eigenvalue weighted by Crippen LogP contribution is 2.38. The second-order valence-corrected chi connectivity index (χ2v) is 5.82. The van der Waals surface area contributed by atoms with Crippen LogP contribution in [0.15, 0.2) is 23.4 Å². The number of H-pyrrole nitrogens is 1. The van der Waals surface area contributed by atoms with Gasteiger partial charge in [-0.05, 0) is 12.1 Å². The number of carbonyl (C=O) groups is 3. The second-order valence-electron chi connectivity index (χ2n) is 5.82. The first-order valence-corrected chi connectivity index (χ1v) is 8.36. The highest BCUT2D eigenvalue weighted by molar-refractivity contribution is 6.12. The number of aromatic amines is 1. The Morgan fingerprint density at radius 2 is 1.72 bits per heavy atom. The van der Waals surface area contributed by atoms with Crippen LogP contribution in [-0.2, 0) is 28.5 Å². The molecule has 11 nitrogen and oxygen atoms in total. The molecule has 2 heterocycles. The number of benzene rings is 1. The van der Waals surface area contributed by atoms with Crippen molar-refractivity contribution in [3.05, 3.63) is 29.1 Å². The first-order valence-electron chi connectivity index (χ1n) is 8.36. The summed E-state index contributed by atoms with van der Waals surface area (Å²) in [4.78, 5) is 38.4. The molecule has 0 aliphatic carbocycles. The number of anilines is 1. The molecule has 154 valence electrons. The lowest BCUT2D eigenvalue weighted by molar-refractivity contribution is -0.140. The number of nitrogens with zero attached hydrogens (tertiary/aromatic N) is 2. The molecule has 1 N–H and O–H groups in total. The zero-order valence-corrected chi connectivity index (χ0v) is 16.2. The zero-order valence-electron chi connectivity index (χ0n) is 16.2. The Labute approximate surface area is 165 Å². The van der Waals surface area contributed by atoms with Crippen LogP contribution < -0.4 is 9.64 Å². The van der Waals surface area contributed by atoms with E-state index in [2.05, 4.69) is 10.2 Å². The Hall–Kier alpha value is -3.60. The van der Waals surface area contributed by atoms with Gasteiger partial charge in [-0.15, -0.1) is 0 Å². The van der Waals surface area contributed by atoms with Crippen LogP contribution in [0.2, 0.25) is 0 Å². The van der Waals surface area contributed by atoms with Gasteiger partial charge < -0.3 is 28.6 Å². The molecular weight excluding hydrogens is 386 g/mol. The van der Waals surface area contributed by atoms with Crippen LogP contribution in [0.3, 0.4) is 0 Å². The summed E-state index contributed by atoms with van der Waals surface area (Å²) in [6, 6.07) is 3.22. The van der Waals surface area contributed by atoms with Crippen LogP contribution >= 0.6 is 0 Å². The minimum atomic E-state index is -0.763. The molecular formula is C18H19N3O8. The minimum Gasteiger partial charge on any atom is -0.494 e. The predicted octanol–water partition coefficient (Wildman–Crippen LogP) is 0.752. The number of fused-ring (bicyclic) bond motifs is 1. The van der Waals surface area contributed by atoms with E-state index in [0.29, 0.717) is 22.3 Å². The number of nitrogens with one attached hydrogen (secondary N) is 1. The summed E-state index contributed by atoms with van der Waals surface area (Å²) in [7, 11) is 5.08. The Bertz CT molecular complexity index is 1010. The minimum absolute atomic E-state index is 0.0160. The molecule has 3 rings (SSSR count). The van der Waals surface area contributed by atoms with E-state index < -0.39 is 17.9 Å². The van der Waals surface area contributed by atoms with Gasteiger partial charge in [0, 0.05) is 0 Å². The molecule has 0 atom stereocenters. The highest BCUT2D eigenvalue weighted by atomic mass is 16.5. The van der Waals surface area contributed by atoms with Crippen molar-refractivity contribution in [3.63, 3.8) is 0 Å². The van der Waals surface area contributed by atoms with Gasteiger partial charge in [0.25, 0.3) is 0 Å². The van der Waals surface area contributed by atoms with Gasteiger partial charge in [0.05, 0.1) is 51.7 Å². The fraction of sp³-hybridized carbons (Fsp3) is 0.333. The Morgan fingerprint density at radius 1 is 1.03 bits per heavy atom. The SMILES string of the molecule is COC(=O)C1=C(C(=O)OC)N(c2ccc(OC)c3n[nH]c(C(=O)OC)c23)COC1. The van der Waals surface area contributed by atoms with Crippen molar-refractivity contribution in [3.8, 4) is 5.75 Å². The van der Waals surface area contributed by atoms with Crippen molar-refractivity contribution in [1.29, 1.82) is 0 Å². The van der Waals surface area contributed by atoms with Gasteiger partial charge in [0.1, 0.15) is 23.7 Å². The van der Waals surface area contributed by atoms with E-state index in [-0.39, 0.29) is 30.3 Å². The lowest BCUT2D eigenvalue weighted by atomic mass is 10.1. The van der Waals surface area contributed by atoms with E-state index in [4.69, 9.17) is 23.7 Å². The van der Waals surface area contributed by atoms with E-state index in [0.717, 1.165) is 0 Å². The maximum atomic E-state index is 12.5. The average molecular weight is 405 g/mol. The monoisotopic (exact) mass is 405 g/mol. The van der Waals surface area contributed by atoms with Crippen molar-refractivity contribution in [1.82, 2.24) is 10.2 Å². The molecule has 1 aromatic heterocycles. The molecule has 0 saturated heterocycles. The van der Waals surface area contributed by atoms with Crippen LogP contribution in [0.25, 0.3) is 10.9 Å². The summed E-state index contributed by atoms with van der Waals surface area (Å²) in [5.74, 6) is -1.78. The van der Waals surface area contributed by atoms with E-state index in [1.165, 1.54) is 33.3 Å². The molecule has 0 amide bonds. The average Bonchev–Trinajstić information content (AvgIpc) is 3.21. The van der Waals surface area contributed by atoms with Crippen molar-refractivity contribution >= 4 is 34.5 Å². The van der Waals surface area contributed by atoms with E-state index in [1.807, 2.05) is 0 Å². The van der Waals surface area contributed by atoms with Crippen LogP contribution in [0.4, 0.5) is 5.69 Å². The van der Waals surface area contributed by atoms with Crippen LogP contribution in [0.1, 0.15) is 10.5 Å². The summed E-state index contributed by atoms with van der Waals surface area (Å²) in [6.45, 7) is -0.222. The summed E-state index contributed by atoms with van der Waals surface area (Å²) in [5.41, 5.74) is 0.661. The zero-order chi connectivity index (χ0) is 21.1. The van der Waals surface area contributed by atoms with Crippen molar-refractivity contribution in [2.24, 2.45) is 0 Å². The Morgan fingerprint density at radius 3 is 2.34 bits per heavy atom. The molecule has 29 heavy (non-hydrogen) atoms. The molecule has 0 bridgehead atoms. The number of hydrogen-bond donors (Lipinski definition) is 1. The highest BCUT2D eigenvalue weighted by Gasteiger charge is 2.34. The predicted molar refractivity (Wildman–Crippen MR) is 98.3 cm³/mol. The van der Waals surface area contributed by atoms with Gasteiger partial charge in [-0.1, -0.05) is 0 Å². The first kappa shape index (κ1) is 20.1. The topological polar surface area (TPSA) is 129 Å². The maximum Gasteiger partial charge on any atom is 0.356 e. The van der Waals surface area contributed by atoms with E-state index in [1.54, 1.807) is 12.1 Å². The third-order valence-corrected chi connectivity index (χ3v) is 4.38. The number of carbonyl (C=O) groups excluding carboxylic acids is 3. The first-order chi connectivity index (χ1) is 14.0. The molecule has 2 aromatic rings. The number of rotatable bonds is 5. The van der Waals surface area contributed by atoms with Crippen molar-refractivity contribution < 1.29 is 38.1 Å². The van der Waals surface area contributed by atoms with Gasteiger partial charge in [0.15, 0.2) is 5.69 Å². The normalized spacial score (nSPS) is 14.0. The summed E-state index contributed by atoms with van der Waals surface area (Å²) in [6.07, 6.45) is 0. The van der Waals surface area contributed by atoms with Crippen LogP contribution in [0, 0.1) is 0 Å². The molecule has 1 aliphatic heterocycles. The van der Waals surface area contributed by atoms with Gasteiger partial charge in [0.2, 0.25) is 0 Å². The number of ether oxygens (including phenoxy) is 5. The van der Waals surface area contributed by atoms with Gasteiger partial charge in [-0.25, -0.2) is 14.4 Å². The second kappa shape index (κ2) is 8.19. The number of aromatic nitrogens is 2. The molecule has 0 unspecified atom stereocenters. The maximum absolute atomic E-state index is 12.5. The molecule has 1 aliphatic rings. The fourth-order valence-electron chi connectivity index (χ4n) is 3.06. The Balaban J connectivity index is 2.30. The summed E-state index contributed by atoms with van der Waals surface area (Å²) >= 11 is 0. The third-order valence-electron chi connectivity index (χ3n) is 4.38. The third kappa shape index (κ3) is 3.36. The molecule has 1 aromatic carbocycles. The van der Waals surface area contributed by atoms with Crippen molar-refractivity contribution in [2.45, 2.75) is 0 Å². The quantitative estimate of drug-likeness (QED) is 0.562. The van der Waals surface area contributed by atoms with E-state index in [9.17, 15) is 14.4 Å². The molecule has 11 heteroatoms. The standard InChI is InChI=1S/C18H19N3O8/c1-25-11-6-5-10(12-13(11)19-20-14(12)17(23)27-3)21-8-29-7-9(16(22)26-2)15(21)18(24)28-4/h5-6H,7-8H2,1-4H3,(H,19,20). The smallest absolute Gasteiger partial charge is 0.356 e. The summed E-state index contributed by atoms with van der Waals surface area (Å²) < 4.78 is 25.2. The van der Waals surface area contributed by atoms with Crippen molar-refractivity contribution in [2.75, 3.05) is 46.7 Å². The number of hydrogen-bond acceptors (Lipinski definition) is 10. The fourth-order valence-corrected chi connectivity index (χ4v) is 3.06. The van der Waals surface area contributed by atoms with Gasteiger partial charge in [-0.3, -0.25) is 5.10 Å². The Kier molecular flexibility index (Phi) is 5.69. The molecule has 0 fully saturated rings. The molecule has 0 radical (unpaired) electrons. The van der Waals surface area contributed by atoms with Gasteiger partial charge in [-0.2, -0.15) is 5.10 Å². The summed E-state index contributed by atoms with van der Waals surface area (Å²) in [5, 5.41) is 7.08. The largest absolute Gasteiger partial charge is 0.494 e.